The van der Waals surface area contributed by atoms with E-state index in [1.54, 1.807) is 13.8 Å². The third-order valence-electron chi connectivity index (χ3n) is 4.28. The Labute approximate surface area is 179 Å². The molecule has 10 nitrogen and oxygen atoms in total. The maximum absolute atomic E-state index is 13.5. The highest BCUT2D eigenvalue weighted by atomic mass is 32.2. The van der Waals surface area contributed by atoms with Gasteiger partial charge in [-0.05, 0) is 44.5 Å². The number of esters is 2. The molecule has 0 radical (unpaired) electrons. The second kappa shape index (κ2) is 10.0. The Morgan fingerprint density at radius 1 is 1.03 bits per heavy atom. The van der Waals surface area contributed by atoms with E-state index < -0.39 is 44.0 Å². The number of anilines is 1. The number of nitro groups is 1. The van der Waals surface area contributed by atoms with Crippen molar-refractivity contribution in [3.63, 3.8) is 0 Å². The first-order chi connectivity index (χ1) is 14.6. The molecular weight excluding hydrogens is 428 g/mol. The molecule has 0 fully saturated rings. The minimum atomic E-state index is -4.58. The Morgan fingerprint density at radius 3 is 2.29 bits per heavy atom. The molecule has 0 saturated heterocycles. The van der Waals surface area contributed by atoms with E-state index in [4.69, 9.17) is 9.47 Å². The summed E-state index contributed by atoms with van der Waals surface area (Å²) >= 11 is 0. The first-order valence-electron chi connectivity index (χ1n) is 9.33. The molecule has 0 amide bonds. The number of rotatable bonds is 9. The molecule has 2 rings (SSSR count). The zero-order valence-electron chi connectivity index (χ0n) is 17.2. The maximum atomic E-state index is 13.5. The van der Waals surface area contributed by atoms with Crippen molar-refractivity contribution in [2.45, 2.75) is 25.7 Å². The van der Waals surface area contributed by atoms with Gasteiger partial charge in [-0.15, -0.1) is 0 Å². The predicted molar refractivity (Wildman–Crippen MR) is 111 cm³/mol. The summed E-state index contributed by atoms with van der Waals surface area (Å²) in [5.74, 6) is -1.52. The second-order valence-electron chi connectivity index (χ2n) is 6.21. The lowest BCUT2D eigenvalue weighted by atomic mass is 10.1. The van der Waals surface area contributed by atoms with Gasteiger partial charge in [0.05, 0.1) is 29.4 Å². The van der Waals surface area contributed by atoms with Gasteiger partial charge in [-0.25, -0.2) is 13.2 Å². The summed E-state index contributed by atoms with van der Waals surface area (Å²) in [5, 5.41) is 11.4. The van der Waals surface area contributed by atoms with Crippen LogP contribution >= 0.6 is 0 Å². The van der Waals surface area contributed by atoms with Gasteiger partial charge >= 0.3 is 11.9 Å². The summed E-state index contributed by atoms with van der Waals surface area (Å²) in [7, 11) is -4.58. The molecule has 0 aliphatic carbocycles. The largest absolute Gasteiger partial charge is 0.465 e. The van der Waals surface area contributed by atoms with E-state index in [-0.39, 0.29) is 30.0 Å². The summed E-state index contributed by atoms with van der Waals surface area (Å²) in [6.45, 7) is 4.07. The first-order valence-corrected chi connectivity index (χ1v) is 10.8. The van der Waals surface area contributed by atoms with Crippen LogP contribution in [0, 0.1) is 17.0 Å². The van der Waals surface area contributed by atoms with Crippen molar-refractivity contribution in [1.82, 2.24) is 0 Å². The number of hydrogen-bond donors (Lipinski definition) is 0. The molecule has 0 spiro atoms. The highest BCUT2D eigenvalue weighted by molar-refractivity contribution is 7.93. The second-order valence-corrected chi connectivity index (χ2v) is 8.04. The number of nitro benzene ring substituents is 1. The predicted octanol–water partition coefficient (Wildman–Crippen LogP) is 2.84. The fraction of sp³-hybridized carbons (Fsp3) is 0.300. The van der Waals surface area contributed by atoms with Gasteiger partial charge in [0.2, 0.25) is 0 Å². The molecule has 0 N–H and O–H groups in total. The molecule has 0 aromatic heterocycles. The molecule has 0 heterocycles. The highest BCUT2D eigenvalue weighted by Gasteiger charge is 2.34. The zero-order chi connectivity index (χ0) is 23.2. The van der Waals surface area contributed by atoms with Crippen LogP contribution in [0.1, 0.15) is 29.8 Å². The first kappa shape index (κ1) is 23.8. The number of ether oxygens (including phenoxy) is 2. The van der Waals surface area contributed by atoms with Crippen LogP contribution in [0.15, 0.2) is 47.4 Å². The number of sulfonamides is 1. The maximum Gasteiger partial charge on any atom is 0.338 e. The molecular formula is C20H22N2O8S. The standard InChI is InChI=1S/C20H22N2O8S/c1-4-29-19(23)13-21(16-11-8-9-15(14(16)3)20(24)30-5-2)31(27,28)18-12-7-6-10-17(18)22(25)26/h6-12H,4-5,13H2,1-3H3. The quantitative estimate of drug-likeness (QED) is 0.323. The minimum Gasteiger partial charge on any atom is -0.465 e. The van der Waals surface area contributed by atoms with Gasteiger partial charge in [-0.1, -0.05) is 18.2 Å². The number of para-hydroxylation sites is 1. The molecule has 11 heteroatoms. The number of nitrogens with zero attached hydrogens (tertiary/aromatic N) is 2. The minimum absolute atomic E-state index is 0.00300. The van der Waals surface area contributed by atoms with E-state index in [0.29, 0.717) is 4.31 Å². The molecule has 31 heavy (non-hydrogen) atoms. The Kier molecular flexibility index (Phi) is 7.70. The lowest BCUT2D eigenvalue weighted by Gasteiger charge is -2.25. The number of carbonyl (C=O) groups is 2. The monoisotopic (exact) mass is 450 g/mol. The van der Waals surface area contributed by atoms with E-state index in [2.05, 4.69) is 0 Å². The molecule has 0 bridgehead atoms. The average Bonchev–Trinajstić information content (AvgIpc) is 2.72. The third kappa shape index (κ3) is 5.18. The number of carbonyl (C=O) groups excluding carboxylic acids is 2. The van der Waals surface area contributed by atoms with Crippen molar-refractivity contribution in [2.24, 2.45) is 0 Å². The molecule has 166 valence electrons. The lowest BCUT2D eigenvalue weighted by molar-refractivity contribution is -0.387. The Hall–Kier alpha value is -3.47. The lowest BCUT2D eigenvalue weighted by Crippen LogP contribution is -2.37. The molecule has 0 atom stereocenters. The topological polar surface area (TPSA) is 133 Å². The fourth-order valence-corrected chi connectivity index (χ4v) is 4.52. The Bertz CT molecular complexity index is 1100. The van der Waals surface area contributed by atoms with Gasteiger partial charge in [0.15, 0.2) is 4.90 Å². The average molecular weight is 450 g/mol. The third-order valence-corrected chi connectivity index (χ3v) is 6.08. The van der Waals surface area contributed by atoms with Crippen molar-refractivity contribution in [1.29, 1.82) is 0 Å². The van der Waals surface area contributed by atoms with Crippen LogP contribution < -0.4 is 4.31 Å². The fourth-order valence-electron chi connectivity index (χ4n) is 2.89. The van der Waals surface area contributed by atoms with Crippen molar-refractivity contribution in [2.75, 3.05) is 24.1 Å². The van der Waals surface area contributed by atoms with Gasteiger partial charge in [0, 0.05) is 6.07 Å². The summed E-state index contributed by atoms with van der Waals surface area (Å²) in [6.07, 6.45) is 0. The van der Waals surface area contributed by atoms with E-state index in [1.165, 1.54) is 37.3 Å². The normalized spacial score (nSPS) is 10.9. The number of benzene rings is 2. The van der Waals surface area contributed by atoms with E-state index in [9.17, 15) is 28.1 Å². The van der Waals surface area contributed by atoms with Gasteiger partial charge in [0.25, 0.3) is 15.7 Å². The number of hydrogen-bond acceptors (Lipinski definition) is 8. The van der Waals surface area contributed by atoms with Crippen molar-refractivity contribution in [3.8, 4) is 0 Å². The van der Waals surface area contributed by atoms with Gasteiger partial charge in [-0.2, -0.15) is 0 Å². The molecule has 0 aliphatic heterocycles. The van der Waals surface area contributed by atoms with Crippen LogP contribution in [0.5, 0.6) is 0 Å². The van der Waals surface area contributed by atoms with Gasteiger partial charge in [-0.3, -0.25) is 19.2 Å². The summed E-state index contributed by atoms with van der Waals surface area (Å²) in [5.41, 5.74) is -0.314. The van der Waals surface area contributed by atoms with Crippen LogP contribution in [0.4, 0.5) is 11.4 Å². The summed E-state index contributed by atoms with van der Waals surface area (Å²) in [4.78, 5) is 34.4. The summed E-state index contributed by atoms with van der Waals surface area (Å²) < 4.78 is 37.5. The Morgan fingerprint density at radius 2 is 1.68 bits per heavy atom. The van der Waals surface area contributed by atoms with Crippen LogP contribution in [0.2, 0.25) is 0 Å². The van der Waals surface area contributed by atoms with Crippen molar-refractivity contribution < 1.29 is 32.4 Å². The van der Waals surface area contributed by atoms with Crippen molar-refractivity contribution >= 4 is 33.3 Å². The molecule has 2 aromatic carbocycles. The Balaban J connectivity index is 2.71. The van der Waals surface area contributed by atoms with E-state index >= 15 is 0 Å². The highest BCUT2D eigenvalue weighted by Crippen LogP contribution is 2.32. The smallest absolute Gasteiger partial charge is 0.338 e. The van der Waals surface area contributed by atoms with E-state index in [1.807, 2.05) is 0 Å². The molecule has 2 aromatic rings. The van der Waals surface area contributed by atoms with E-state index in [0.717, 1.165) is 12.1 Å². The zero-order valence-corrected chi connectivity index (χ0v) is 18.0. The van der Waals surface area contributed by atoms with Gasteiger partial charge < -0.3 is 9.47 Å². The van der Waals surface area contributed by atoms with Crippen LogP contribution in [-0.4, -0.2) is 45.0 Å². The SMILES string of the molecule is CCOC(=O)CN(c1cccc(C(=O)OCC)c1C)S(=O)(=O)c1ccccc1[N+](=O)[O-]. The van der Waals surface area contributed by atoms with Crippen LogP contribution in [-0.2, 0) is 24.3 Å². The molecule has 0 unspecified atom stereocenters. The van der Waals surface area contributed by atoms with Crippen LogP contribution in [0.25, 0.3) is 0 Å². The summed E-state index contributed by atoms with van der Waals surface area (Å²) in [6, 6.07) is 9.08. The molecule has 0 saturated carbocycles. The van der Waals surface area contributed by atoms with Gasteiger partial charge in [0.1, 0.15) is 6.54 Å². The van der Waals surface area contributed by atoms with Crippen LogP contribution in [0.3, 0.4) is 0 Å². The molecule has 0 aliphatic rings. The van der Waals surface area contributed by atoms with Crippen molar-refractivity contribution in [3.05, 3.63) is 63.7 Å².